The summed E-state index contributed by atoms with van der Waals surface area (Å²) in [5, 5.41) is 10.7. The number of piperazine rings is 1. The Morgan fingerprint density at radius 1 is 0.946 bits per heavy atom. The Labute approximate surface area is 214 Å². The summed E-state index contributed by atoms with van der Waals surface area (Å²) in [6, 6.07) is 19.2. The number of sulfone groups is 1. The highest BCUT2D eigenvalue weighted by atomic mass is 32.2. The minimum absolute atomic E-state index is 0.0544. The van der Waals surface area contributed by atoms with Gasteiger partial charge in [0.05, 0.1) is 16.2 Å². The van der Waals surface area contributed by atoms with E-state index in [1.165, 1.54) is 18.2 Å². The monoisotopic (exact) mass is 519 g/mol. The number of aromatic nitrogens is 1. The largest absolute Gasteiger partial charge is 0.508 e. The number of amides is 1. The fraction of sp³-hybridized carbons (Fsp3) is 0.214. The van der Waals surface area contributed by atoms with Crippen LogP contribution >= 0.6 is 0 Å². The molecule has 0 saturated carbocycles. The van der Waals surface area contributed by atoms with E-state index in [9.17, 15) is 22.7 Å². The van der Waals surface area contributed by atoms with Gasteiger partial charge in [0.1, 0.15) is 11.6 Å². The highest BCUT2D eigenvalue weighted by molar-refractivity contribution is 7.90. The Balaban J connectivity index is 1.21. The van der Waals surface area contributed by atoms with Gasteiger partial charge in [0.15, 0.2) is 9.84 Å². The molecule has 190 valence electrons. The van der Waals surface area contributed by atoms with Crippen LogP contribution in [0.15, 0.2) is 83.9 Å². The topological polar surface area (TPSA) is 90.8 Å². The third-order valence-corrected chi connectivity index (χ3v) is 8.30. The van der Waals surface area contributed by atoms with Crippen molar-refractivity contribution < 1.29 is 22.7 Å². The number of carbonyl (C=O) groups is 1. The van der Waals surface area contributed by atoms with Crippen LogP contribution in [0.1, 0.15) is 21.5 Å². The number of hydrogen-bond acceptors (Lipinski definition) is 6. The first-order chi connectivity index (χ1) is 17.8. The molecule has 1 fully saturated rings. The van der Waals surface area contributed by atoms with Crippen molar-refractivity contribution in [2.24, 2.45) is 0 Å². The molecule has 0 unspecified atom stereocenters. The molecule has 1 aromatic heterocycles. The molecule has 0 radical (unpaired) electrons. The Bertz CT molecular complexity index is 1540. The highest BCUT2D eigenvalue weighted by Crippen LogP contribution is 2.25. The van der Waals surface area contributed by atoms with Gasteiger partial charge in [-0.3, -0.25) is 14.7 Å². The van der Waals surface area contributed by atoms with Crippen molar-refractivity contribution in [2.45, 2.75) is 17.2 Å². The number of phenols is 1. The number of phenolic OH excluding ortho intramolecular Hbond substituents is 1. The summed E-state index contributed by atoms with van der Waals surface area (Å²) in [5.74, 6) is -0.658. The quantitative estimate of drug-likeness (QED) is 0.414. The second kappa shape index (κ2) is 10.3. The van der Waals surface area contributed by atoms with Crippen LogP contribution in [0.4, 0.5) is 4.39 Å². The minimum atomic E-state index is -3.64. The lowest BCUT2D eigenvalue weighted by atomic mass is 10.1. The first kappa shape index (κ1) is 24.9. The van der Waals surface area contributed by atoms with Gasteiger partial charge in [0.25, 0.3) is 5.91 Å². The molecule has 1 aliphatic rings. The number of rotatable bonds is 6. The Kier molecular flexibility index (Phi) is 6.90. The molecule has 0 spiro atoms. The molecule has 1 N–H and O–H groups in total. The average molecular weight is 520 g/mol. The van der Waals surface area contributed by atoms with Crippen LogP contribution in [0.5, 0.6) is 5.75 Å². The van der Waals surface area contributed by atoms with Gasteiger partial charge in [0.2, 0.25) is 0 Å². The van der Waals surface area contributed by atoms with Crippen LogP contribution in [0.25, 0.3) is 10.9 Å². The first-order valence-corrected chi connectivity index (χ1v) is 13.6. The molecule has 0 bridgehead atoms. The summed E-state index contributed by atoms with van der Waals surface area (Å²) in [5.41, 5.74) is 2.04. The van der Waals surface area contributed by atoms with Crippen molar-refractivity contribution in [2.75, 3.05) is 26.2 Å². The van der Waals surface area contributed by atoms with Crippen molar-refractivity contribution in [1.82, 2.24) is 14.8 Å². The summed E-state index contributed by atoms with van der Waals surface area (Å²) in [4.78, 5) is 21.3. The standard InChI is InChI=1S/C28H26FN3O4S/c29-24-10-11-25(33)23(17-24)18-31-13-15-32(16-14-31)28(34)22-8-6-20(7-9-22)19-37(35,36)26-5-1-3-21-4-2-12-30-27(21)26/h1-12,17,33H,13-16,18-19H2. The van der Waals surface area contributed by atoms with E-state index in [1.54, 1.807) is 53.6 Å². The number of benzene rings is 3. The number of hydrogen-bond donors (Lipinski definition) is 1. The van der Waals surface area contributed by atoms with Gasteiger partial charge in [0, 0.05) is 55.4 Å². The fourth-order valence-electron chi connectivity index (χ4n) is 4.58. The van der Waals surface area contributed by atoms with Crippen molar-refractivity contribution >= 4 is 26.6 Å². The third kappa shape index (κ3) is 5.47. The summed E-state index contributed by atoms with van der Waals surface area (Å²) in [6.07, 6.45) is 1.58. The van der Waals surface area contributed by atoms with E-state index in [1.807, 2.05) is 12.1 Å². The summed E-state index contributed by atoms with van der Waals surface area (Å²) in [7, 11) is -3.64. The number of nitrogens with zero attached hydrogens (tertiary/aromatic N) is 3. The van der Waals surface area contributed by atoms with E-state index in [0.29, 0.717) is 54.9 Å². The zero-order valence-electron chi connectivity index (χ0n) is 20.0. The van der Waals surface area contributed by atoms with Crippen LogP contribution < -0.4 is 0 Å². The lowest BCUT2D eigenvalue weighted by Crippen LogP contribution is -2.48. The van der Waals surface area contributed by atoms with E-state index in [4.69, 9.17) is 0 Å². The van der Waals surface area contributed by atoms with E-state index >= 15 is 0 Å². The number of fused-ring (bicyclic) bond motifs is 1. The van der Waals surface area contributed by atoms with Gasteiger partial charge in [-0.15, -0.1) is 0 Å². The lowest BCUT2D eigenvalue weighted by Gasteiger charge is -2.35. The van der Waals surface area contributed by atoms with Gasteiger partial charge in [-0.25, -0.2) is 12.8 Å². The molecule has 0 aliphatic carbocycles. The molecule has 1 saturated heterocycles. The smallest absolute Gasteiger partial charge is 0.253 e. The predicted molar refractivity (Wildman–Crippen MR) is 138 cm³/mol. The van der Waals surface area contributed by atoms with Gasteiger partial charge >= 0.3 is 0 Å². The molecule has 5 rings (SSSR count). The summed E-state index contributed by atoms with van der Waals surface area (Å²) >= 11 is 0. The van der Waals surface area contributed by atoms with Crippen LogP contribution in [0.2, 0.25) is 0 Å². The predicted octanol–water partition coefficient (Wildman–Crippen LogP) is 4.01. The van der Waals surface area contributed by atoms with E-state index in [2.05, 4.69) is 9.88 Å². The zero-order chi connectivity index (χ0) is 26.0. The van der Waals surface area contributed by atoms with Gasteiger partial charge in [-0.2, -0.15) is 0 Å². The van der Waals surface area contributed by atoms with Crippen LogP contribution in [0, 0.1) is 5.82 Å². The van der Waals surface area contributed by atoms with E-state index in [-0.39, 0.29) is 22.3 Å². The van der Waals surface area contributed by atoms with E-state index in [0.717, 1.165) is 5.39 Å². The molecular weight excluding hydrogens is 493 g/mol. The zero-order valence-corrected chi connectivity index (χ0v) is 20.9. The molecule has 1 aliphatic heterocycles. The second-order valence-corrected chi connectivity index (χ2v) is 11.1. The summed E-state index contributed by atoms with van der Waals surface area (Å²) in [6.45, 7) is 2.59. The molecule has 7 nitrogen and oxygen atoms in total. The highest BCUT2D eigenvalue weighted by Gasteiger charge is 2.24. The SMILES string of the molecule is O=C(c1ccc(CS(=O)(=O)c2cccc3cccnc23)cc1)N1CCN(Cc2cc(F)ccc2O)CC1. The first-order valence-electron chi connectivity index (χ1n) is 11.9. The number of pyridine rings is 1. The van der Waals surface area contributed by atoms with Crippen molar-refractivity contribution in [3.8, 4) is 5.75 Å². The fourth-order valence-corrected chi connectivity index (χ4v) is 6.12. The van der Waals surface area contributed by atoms with Gasteiger partial charge < -0.3 is 10.0 Å². The molecular formula is C28H26FN3O4S. The maximum Gasteiger partial charge on any atom is 0.253 e. The van der Waals surface area contributed by atoms with Crippen molar-refractivity contribution in [1.29, 1.82) is 0 Å². The average Bonchev–Trinajstić information content (AvgIpc) is 2.91. The second-order valence-electron chi connectivity index (χ2n) is 9.13. The Hall–Kier alpha value is -3.82. The maximum absolute atomic E-state index is 13.5. The Morgan fingerprint density at radius 2 is 1.68 bits per heavy atom. The van der Waals surface area contributed by atoms with Gasteiger partial charge in [-0.05, 0) is 48.0 Å². The van der Waals surface area contributed by atoms with Crippen LogP contribution in [-0.4, -0.2) is 60.4 Å². The summed E-state index contributed by atoms with van der Waals surface area (Å²) < 4.78 is 39.8. The normalized spacial score (nSPS) is 14.7. The number of carbonyl (C=O) groups excluding carboxylic acids is 1. The number of para-hydroxylation sites is 1. The molecule has 4 aromatic rings. The lowest BCUT2D eigenvalue weighted by molar-refractivity contribution is 0.0627. The Morgan fingerprint density at radius 3 is 2.43 bits per heavy atom. The van der Waals surface area contributed by atoms with Crippen molar-refractivity contribution in [3.63, 3.8) is 0 Å². The van der Waals surface area contributed by atoms with Crippen molar-refractivity contribution in [3.05, 3.63) is 102 Å². The third-order valence-electron chi connectivity index (χ3n) is 6.58. The maximum atomic E-state index is 13.5. The molecule has 37 heavy (non-hydrogen) atoms. The molecule has 3 aromatic carbocycles. The minimum Gasteiger partial charge on any atom is -0.508 e. The van der Waals surface area contributed by atoms with Gasteiger partial charge in [-0.1, -0.05) is 30.3 Å². The molecule has 2 heterocycles. The van der Waals surface area contributed by atoms with E-state index < -0.39 is 15.7 Å². The number of aromatic hydroxyl groups is 1. The molecule has 1 amide bonds. The number of halogens is 1. The molecule has 0 atom stereocenters. The van der Waals surface area contributed by atoms with Crippen LogP contribution in [0.3, 0.4) is 0 Å². The van der Waals surface area contributed by atoms with Crippen LogP contribution in [-0.2, 0) is 22.1 Å². The molecule has 9 heteroatoms.